The van der Waals surface area contributed by atoms with Crippen LogP contribution in [0.25, 0.3) is 0 Å². The Kier molecular flexibility index (Phi) is 5.80. The molecule has 1 aromatic rings. The van der Waals surface area contributed by atoms with E-state index in [1.165, 1.54) is 0 Å². The summed E-state index contributed by atoms with van der Waals surface area (Å²) >= 11 is 5.99. The van der Waals surface area contributed by atoms with Crippen molar-refractivity contribution in [2.24, 2.45) is 5.73 Å². The SMILES string of the molecule is COc1ccc(CCNC(=O)CCN)cc1Cl. The molecule has 0 bridgehead atoms. The lowest BCUT2D eigenvalue weighted by Gasteiger charge is -2.07. The number of rotatable bonds is 6. The van der Waals surface area contributed by atoms with Crippen LogP contribution in [0.4, 0.5) is 0 Å². The second-order valence-corrected chi connectivity index (χ2v) is 4.01. The molecule has 0 atom stereocenters. The average Bonchev–Trinajstić information content (AvgIpc) is 2.29. The molecule has 0 heterocycles. The number of nitrogens with two attached hydrogens (primary N) is 1. The molecule has 94 valence electrons. The number of benzene rings is 1. The normalized spacial score (nSPS) is 10.1. The van der Waals surface area contributed by atoms with E-state index in [1.54, 1.807) is 7.11 Å². The second-order valence-electron chi connectivity index (χ2n) is 3.61. The first-order valence-corrected chi connectivity index (χ1v) is 5.84. The van der Waals surface area contributed by atoms with Crippen molar-refractivity contribution in [3.05, 3.63) is 28.8 Å². The molecule has 0 aliphatic heterocycles. The molecule has 0 saturated heterocycles. The monoisotopic (exact) mass is 256 g/mol. The van der Waals surface area contributed by atoms with Crippen LogP contribution in [-0.2, 0) is 11.2 Å². The van der Waals surface area contributed by atoms with Crippen molar-refractivity contribution in [3.63, 3.8) is 0 Å². The fraction of sp³-hybridized carbons (Fsp3) is 0.417. The number of carbonyl (C=O) groups excluding carboxylic acids is 1. The smallest absolute Gasteiger partial charge is 0.221 e. The molecule has 1 rings (SSSR count). The van der Waals surface area contributed by atoms with Gasteiger partial charge in [-0.1, -0.05) is 17.7 Å². The van der Waals surface area contributed by atoms with Crippen molar-refractivity contribution >= 4 is 17.5 Å². The van der Waals surface area contributed by atoms with Gasteiger partial charge in [0.2, 0.25) is 5.91 Å². The van der Waals surface area contributed by atoms with E-state index in [0.29, 0.717) is 30.3 Å². The third-order valence-corrected chi connectivity index (χ3v) is 2.62. The average molecular weight is 257 g/mol. The van der Waals surface area contributed by atoms with E-state index in [1.807, 2.05) is 18.2 Å². The number of nitrogens with one attached hydrogen (secondary N) is 1. The molecule has 0 spiro atoms. The molecule has 5 heteroatoms. The third kappa shape index (κ3) is 4.63. The second kappa shape index (κ2) is 7.14. The summed E-state index contributed by atoms with van der Waals surface area (Å²) in [6, 6.07) is 5.59. The molecule has 0 aliphatic rings. The van der Waals surface area contributed by atoms with Gasteiger partial charge < -0.3 is 15.8 Å². The van der Waals surface area contributed by atoms with E-state index in [9.17, 15) is 4.79 Å². The highest BCUT2D eigenvalue weighted by Crippen LogP contribution is 2.24. The Morgan fingerprint density at radius 1 is 1.53 bits per heavy atom. The molecule has 0 saturated carbocycles. The van der Waals surface area contributed by atoms with Gasteiger partial charge in [-0.25, -0.2) is 0 Å². The van der Waals surface area contributed by atoms with Crippen LogP contribution >= 0.6 is 11.6 Å². The van der Waals surface area contributed by atoms with Gasteiger partial charge in [-0.05, 0) is 24.1 Å². The molecular weight excluding hydrogens is 240 g/mol. The molecule has 0 aliphatic carbocycles. The first-order valence-electron chi connectivity index (χ1n) is 5.46. The number of methoxy groups -OCH3 is 1. The van der Waals surface area contributed by atoms with E-state index in [4.69, 9.17) is 22.1 Å². The van der Waals surface area contributed by atoms with Crippen molar-refractivity contribution in [2.45, 2.75) is 12.8 Å². The molecule has 4 nitrogen and oxygen atoms in total. The molecule has 1 amide bonds. The maximum Gasteiger partial charge on any atom is 0.221 e. The van der Waals surface area contributed by atoms with E-state index < -0.39 is 0 Å². The Morgan fingerprint density at radius 3 is 2.88 bits per heavy atom. The van der Waals surface area contributed by atoms with Gasteiger partial charge in [-0.2, -0.15) is 0 Å². The fourth-order valence-electron chi connectivity index (χ4n) is 1.43. The fourth-order valence-corrected chi connectivity index (χ4v) is 1.71. The predicted octanol–water partition coefficient (Wildman–Crippen LogP) is 1.36. The van der Waals surface area contributed by atoms with Crippen molar-refractivity contribution in [1.82, 2.24) is 5.32 Å². The van der Waals surface area contributed by atoms with Gasteiger partial charge >= 0.3 is 0 Å². The molecule has 0 radical (unpaired) electrons. The summed E-state index contributed by atoms with van der Waals surface area (Å²) in [5.74, 6) is 0.634. The lowest BCUT2D eigenvalue weighted by Crippen LogP contribution is -2.27. The molecule has 0 fully saturated rings. The third-order valence-electron chi connectivity index (χ3n) is 2.32. The summed E-state index contributed by atoms with van der Waals surface area (Å²) in [5.41, 5.74) is 6.33. The van der Waals surface area contributed by atoms with Crippen molar-refractivity contribution < 1.29 is 9.53 Å². The standard InChI is InChI=1S/C12H17ClN2O2/c1-17-11-3-2-9(8-10(11)13)5-7-15-12(16)4-6-14/h2-3,8H,4-7,14H2,1H3,(H,15,16). The van der Waals surface area contributed by atoms with E-state index in [-0.39, 0.29) is 5.91 Å². The first-order chi connectivity index (χ1) is 8.17. The summed E-state index contributed by atoms with van der Waals surface area (Å²) in [6.45, 7) is 0.960. The van der Waals surface area contributed by atoms with Gasteiger partial charge in [0.15, 0.2) is 0 Å². The Bertz CT molecular complexity index is 383. The number of hydrogen-bond donors (Lipinski definition) is 2. The quantitative estimate of drug-likeness (QED) is 0.808. The van der Waals surface area contributed by atoms with Crippen molar-refractivity contribution in [2.75, 3.05) is 20.2 Å². The highest BCUT2D eigenvalue weighted by atomic mass is 35.5. The highest BCUT2D eigenvalue weighted by Gasteiger charge is 2.03. The number of ether oxygens (including phenoxy) is 1. The van der Waals surface area contributed by atoms with Crippen molar-refractivity contribution in [3.8, 4) is 5.75 Å². The van der Waals surface area contributed by atoms with Crippen LogP contribution in [0, 0.1) is 0 Å². The number of amides is 1. The van der Waals surface area contributed by atoms with Gasteiger partial charge in [0.05, 0.1) is 12.1 Å². The minimum absolute atomic E-state index is 0.0212. The zero-order valence-corrected chi connectivity index (χ0v) is 10.6. The summed E-state index contributed by atoms with van der Waals surface area (Å²) in [7, 11) is 1.58. The minimum atomic E-state index is -0.0212. The van der Waals surface area contributed by atoms with Crippen LogP contribution in [0.15, 0.2) is 18.2 Å². The van der Waals surface area contributed by atoms with Gasteiger partial charge in [-0.15, -0.1) is 0 Å². The highest BCUT2D eigenvalue weighted by molar-refractivity contribution is 6.32. The summed E-state index contributed by atoms with van der Waals surface area (Å²) in [4.78, 5) is 11.2. The summed E-state index contributed by atoms with van der Waals surface area (Å²) < 4.78 is 5.06. The summed E-state index contributed by atoms with van der Waals surface area (Å²) in [5, 5.41) is 3.37. The largest absolute Gasteiger partial charge is 0.495 e. The van der Waals surface area contributed by atoms with Gasteiger partial charge in [0.1, 0.15) is 5.75 Å². The Balaban J connectivity index is 2.42. The van der Waals surface area contributed by atoms with Crippen LogP contribution in [0.1, 0.15) is 12.0 Å². The number of carbonyl (C=O) groups is 1. The minimum Gasteiger partial charge on any atom is -0.495 e. The van der Waals surface area contributed by atoms with E-state index >= 15 is 0 Å². The molecular formula is C12H17ClN2O2. The Hall–Kier alpha value is -1.26. The molecule has 3 N–H and O–H groups in total. The van der Waals surface area contributed by atoms with E-state index in [2.05, 4.69) is 5.32 Å². The summed E-state index contributed by atoms with van der Waals surface area (Å²) in [6.07, 6.45) is 1.10. The maximum atomic E-state index is 11.2. The molecule has 1 aromatic carbocycles. The molecule has 17 heavy (non-hydrogen) atoms. The Morgan fingerprint density at radius 2 is 2.29 bits per heavy atom. The van der Waals surface area contributed by atoms with Gasteiger partial charge in [0.25, 0.3) is 0 Å². The van der Waals surface area contributed by atoms with Crippen LogP contribution in [-0.4, -0.2) is 26.1 Å². The van der Waals surface area contributed by atoms with Crippen LogP contribution in [0.3, 0.4) is 0 Å². The lowest BCUT2D eigenvalue weighted by atomic mass is 10.1. The topological polar surface area (TPSA) is 64.3 Å². The predicted molar refractivity (Wildman–Crippen MR) is 68.4 cm³/mol. The zero-order valence-electron chi connectivity index (χ0n) is 9.83. The molecule has 0 aromatic heterocycles. The lowest BCUT2D eigenvalue weighted by molar-refractivity contribution is -0.120. The molecule has 0 unspecified atom stereocenters. The Labute approximate surface area is 106 Å². The van der Waals surface area contributed by atoms with Crippen LogP contribution in [0.2, 0.25) is 5.02 Å². The van der Waals surface area contributed by atoms with Crippen LogP contribution in [0.5, 0.6) is 5.75 Å². The zero-order chi connectivity index (χ0) is 12.7. The van der Waals surface area contributed by atoms with Crippen LogP contribution < -0.4 is 15.8 Å². The van der Waals surface area contributed by atoms with E-state index in [0.717, 1.165) is 12.0 Å². The van der Waals surface area contributed by atoms with Gasteiger partial charge in [-0.3, -0.25) is 4.79 Å². The van der Waals surface area contributed by atoms with Gasteiger partial charge in [0, 0.05) is 19.5 Å². The first kappa shape index (κ1) is 13.8. The van der Waals surface area contributed by atoms with Crippen molar-refractivity contribution in [1.29, 1.82) is 0 Å². The maximum absolute atomic E-state index is 11.2. The number of halogens is 1. The number of hydrogen-bond acceptors (Lipinski definition) is 3.